The monoisotopic (exact) mass is 418 g/mol. The Morgan fingerprint density at radius 1 is 0.871 bits per heavy atom. The molecule has 0 radical (unpaired) electrons. The van der Waals surface area contributed by atoms with Crippen LogP contribution < -0.4 is 14.2 Å². The third kappa shape index (κ3) is 6.12. The standard InChI is InChI=1S/C26H26O5/c1-3-29-22-13-14-23(26(17-22)30-4-2)24(28)15-11-20-10-12-21(27)16-25(20)31-18-19-8-6-5-7-9-19/h5-17,27H,3-4,18H2,1-2H3. The first-order valence-corrected chi connectivity index (χ1v) is 10.2. The SMILES string of the molecule is CCOc1ccc(C(=O)C=Cc2ccc(O)cc2OCc2ccccc2)c(OCC)c1. The van der Waals surface area contributed by atoms with Gasteiger partial charge in [-0.25, -0.2) is 0 Å². The van der Waals surface area contributed by atoms with E-state index in [0.29, 0.717) is 48.2 Å². The van der Waals surface area contributed by atoms with Crippen LogP contribution in [0.3, 0.4) is 0 Å². The smallest absolute Gasteiger partial charge is 0.189 e. The van der Waals surface area contributed by atoms with Crippen LogP contribution in [0, 0.1) is 0 Å². The van der Waals surface area contributed by atoms with Gasteiger partial charge in [0.05, 0.1) is 18.8 Å². The van der Waals surface area contributed by atoms with Crippen LogP contribution in [0.5, 0.6) is 23.0 Å². The molecule has 0 spiro atoms. The second-order valence-electron chi connectivity index (χ2n) is 6.72. The van der Waals surface area contributed by atoms with Crippen molar-refractivity contribution in [2.75, 3.05) is 13.2 Å². The zero-order valence-corrected chi connectivity index (χ0v) is 17.7. The molecule has 0 aromatic heterocycles. The summed E-state index contributed by atoms with van der Waals surface area (Å²) < 4.78 is 17.0. The molecule has 0 atom stereocenters. The van der Waals surface area contributed by atoms with Gasteiger partial charge in [-0.05, 0) is 55.8 Å². The van der Waals surface area contributed by atoms with Crippen LogP contribution in [0.2, 0.25) is 0 Å². The number of carbonyl (C=O) groups excluding carboxylic acids is 1. The van der Waals surface area contributed by atoms with E-state index < -0.39 is 0 Å². The van der Waals surface area contributed by atoms with Crippen LogP contribution in [0.1, 0.15) is 35.3 Å². The van der Waals surface area contributed by atoms with E-state index in [9.17, 15) is 9.90 Å². The van der Waals surface area contributed by atoms with Gasteiger partial charge in [0, 0.05) is 17.7 Å². The molecular weight excluding hydrogens is 392 g/mol. The van der Waals surface area contributed by atoms with E-state index in [0.717, 1.165) is 5.56 Å². The molecule has 160 valence electrons. The van der Waals surface area contributed by atoms with E-state index in [2.05, 4.69) is 0 Å². The average molecular weight is 418 g/mol. The van der Waals surface area contributed by atoms with Crippen molar-refractivity contribution in [2.45, 2.75) is 20.5 Å². The van der Waals surface area contributed by atoms with Crippen LogP contribution in [0.4, 0.5) is 0 Å². The van der Waals surface area contributed by atoms with Gasteiger partial charge < -0.3 is 19.3 Å². The van der Waals surface area contributed by atoms with Gasteiger partial charge in [0.1, 0.15) is 29.6 Å². The Hall–Kier alpha value is -3.73. The van der Waals surface area contributed by atoms with Crippen molar-refractivity contribution >= 4 is 11.9 Å². The Morgan fingerprint density at radius 2 is 1.65 bits per heavy atom. The Morgan fingerprint density at radius 3 is 2.39 bits per heavy atom. The molecular formula is C26H26O5. The van der Waals surface area contributed by atoms with Crippen molar-refractivity contribution in [1.29, 1.82) is 0 Å². The molecule has 0 saturated carbocycles. The fourth-order valence-corrected chi connectivity index (χ4v) is 3.01. The molecule has 31 heavy (non-hydrogen) atoms. The van der Waals surface area contributed by atoms with E-state index >= 15 is 0 Å². The normalized spacial score (nSPS) is 10.8. The molecule has 0 aliphatic rings. The van der Waals surface area contributed by atoms with Gasteiger partial charge in [-0.2, -0.15) is 0 Å². The Labute approximate surface area is 182 Å². The van der Waals surface area contributed by atoms with Crippen LogP contribution in [0.25, 0.3) is 6.08 Å². The van der Waals surface area contributed by atoms with Crippen LogP contribution >= 0.6 is 0 Å². The fraction of sp³-hybridized carbons (Fsp3) is 0.192. The van der Waals surface area contributed by atoms with Crippen LogP contribution in [-0.4, -0.2) is 24.1 Å². The van der Waals surface area contributed by atoms with Gasteiger partial charge >= 0.3 is 0 Å². The maximum Gasteiger partial charge on any atom is 0.189 e. The lowest BCUT2D eigenvalue weighted by molar-refractivity contribution is 0.104. The second-order valence-corrected chi connectivity index (χ2v) is 6.72. The number of hydrogen-bond acceptors (Lipinski definition) is 5. The third-order valence-corrected chi connectivity index (χ3v) is 4.48. The van der Waals surface area contributed by atoms with Crippen molar-refractivity contribution in [1.82, 2.24) is 0 Å². The number of ether oxygens (including phenoxy) is 3. The van der Waals surface area contributed by atoms with Gasteiger partial charge in [-0.3, -0.25) is 4.79 Å². The van der Waals surface area contributed by atoms with Crippen molar-refractivity contribution in [3.8, 4) is 23.0 Å². The first kappa shape index (κ1) is 22.0. The molecule has 0 amide bonds. The molecule has 0 aliphatic heterocycles. The van der Waals surface area contributed by atoms with E-state index in [-0.39, 0.29) is 11.5 Å². The highest BCUT2D eigenvalue weighted by Gasteiger charge is 2.12. The number of aromatic hydroxyl groups is 1. The minimum absolute atomic E-state index is 0.0942. The summed E-state index contributed by atoms with van der Waals surface area (Å²) in [6, 6.07) is 19.7. The number of benzene rings is 3. The minimum Gasteiger partial charge on any atom is -0.508 e. The maximum absolute atomic E-state index is 12.8. The molecule has 5 heteroatoms. The zero-order chi connectivity index (χ0) is 22.1. The van der Waals surface area contributed by atoms with Crippen molar-refractivity contribution in [2.24, 2.45) is 0 Å². The summed E-state index contributed by atoms with van der Waals surface area (Å²) in [5.74, 6) is 1.52. The number of rotatable bonds is 10. The lowest BCUT2D eigenvalue weighted by Gasteiger charge is -2.11. The first-order valence-electron chi connectivity index (χ1n) is 10.2. The molecule has 0 saturated heterocycles. The van der Waals surface area contributed by atoms with E-state index in [1.807, 2.05) is 44.2 Å². The van der Waals surface area contributed by atoms with Crippen molar-refractivity contribution < 1.29 is 24.1 Å². The highest BCUT2D eigenvalue weighted by Crippen LogP contribution is 2.28. The maximum atomic E-state index is 12.8. The average Bonchev–Trinajstić information content (AvgIpc) is 2.78. The lowest BCUT2D eigenvalue weighted by atomic mass is 10.1. The summed E-state index contributed by atoms with van der Waals surface area (Å²) in [6.45, 7) is 5.09. The molecule has 0 aliphatic carbocycles. The topological polar surface area (TPSA) is 65.0 Å². The number of hydrogen-bond donors (Lipinski definition) is 1. The summed E-state index contributed by atoms with van der Waals surface area (Å²) >= 11 is 0. The molecule has 3 aromatic carbocycles. The van der Waals surface area contributed by atoms with E-state index in [4.69, 9.17) is 14.2 Å². The largest absolute Gasteiger partial charge is 0.508 e. The van der Waals surface area contributed by atoms with Crippen molar-refractivity contribution in [3.05, 3.63) is 89.5 Å². The fourth-order valence-electron chi connectivity index (χ4n) is 3.01. The lowest BCUT2D eigenvalue weighted by Crippen LogP contribution is -2.03. The number of phenols is 1. The van der Waals surface area contributed by atoms with Gasteiger partial charge in [0.25, 0.3) is 0 Å². The van der Waals surface area contributed by atoms with Gasteiger partial charge in [-0.1, -0.05) is 30.3 Å². The summed E-state index contributed by atoms with van der Waals surface area (Å²) in [5.41, 5.74) is 2.14. The van der Waals surface area contributed by atoms with Gasteiger partial charge in [0.2, 0.25) is 0 Å². The Bertz CT molecular complexity index is 1040. The predicted octanol–water partition coefficient (Wildman–Crippen LogP) is 5.66. The number of carbonyl (C=O) groups is 1. The highest BCUT2D eigenvalue weighted by atomic mass is 16.5. The zero-order valence-electron chi connectivity index (χ0n) is 17.7. The summed E-state index contributed by atoms with van der Waals surface area (Å²) in [4.78, 5) is 12.8. The summed E-state index contributed by atoms with van der Waals surface area (Å²) in [7, 11) is 0. The molecule has 0 fully saturated rings. The number of phenolic OH excluding ortho intramolecular Hbond substituents is 1. The highest BCUT2D eigenvalue weighted by molar-refractivity contribution is 6.08. The van der Waals surface area contributed by atoms with Crippen LogP contribution in [0.15, 0.2) is 72.8 Å². The molecule has 0 bridgehead atoms. The van der Waals surface area contributed by atoms with E-state index in [1.54, 1.807) is 36.4 Å². The van der Waals surface area contributed by atoms with Gasteiger partial charge in [0.15, 0.2) is 5.78 Å². The molecule has 3 rings (SSSR count). The minimum atomic E-state index is -0.200. The Balaban J connectivity index is 1.80. The Kier molecular flexibility index (Phi) is 7.71. The number of allylic oxidation sites excluding steroid dienone is 1. The molecule has 5 nitrogen and oxygen atoms in total. The van der Waals surface area contributed by atoms with E-state index in [1.165, 1.54) is 12.1 Å². The first-order chi connectivity index (χ1) is 15.1. The second kappa shape index (κ2) is 10.9. The molecule has 3 aromatic rings. The summed E-state index contributed by atoms with van der Waals surface area (Å²) in [5, 5.41) is 9.86. The molecule has 0 unspecified atom stereocenters. The van der Waals surface area contributed by atoms with Crippen molar-refractivity contribution in [3.63, 3.8) is 0 Å². The molecule has 0 heterocycles. The summed E-state index contributed by atoms with van der Waals surface area (Å²) in [6.07, 6.45) is 3.15. The molecule has 1 N–H and O–H groups in total. The third-order valence-electron chi connectivity index (χ3n) is 4.48. The quantitative estimate of drug-likeness (QED) is 0.340. The van der Waals surface area contributed by atoms with Gasteiger partial charge in [-0.15, -0.1) is 0 Å². The van der Waals surface area contributed by atoms with Crippen LogP contribution in [-0.2, 0) is 6.61 Å². The predicted molar refractivity (Wildman–Crippen MR) is 121 cm³/mol. The number of ketones is 1.